The fourth-order valence-corrected chi connectivity index (χ4v) is 2.04. The predicted molar refractivity (Wildman–Crippen MR) is 85.0 cm³/mol. The van der Waals surface area contributed by atoms with Gasteiger partial charge in [-0.3, -0.25) is 4.79 Å². The number of carbonyl (C=O) groups is 1. The summed E-state index contributed by atoms with van der Waals surface area (Å²) in [6.07, 6.45) is 0. The smallest absolute Gasteiger partial charge is 0.267 e. The lowest BCUT2D eigenvalue weighted by Crippen LogP contribution is -2.20. The summed E-state index contributed by atoms with van der Waals surface area (Å²) in [5.74, 6) is -0.195. The number of carbonyl (C=O) groups excluding carboxylic acids is 1. The summed E-state index contributed by atoms with van der Waals surface area (Å²) in [5.41, 5.74) is 5.89. The average molecular weight is 331 g/mol. The van der Waals surface area contributed by atoms with Crippen molar-refractivity contribution in [3.8, 4) is 0 Å². The lowest BCUT2D eigenvalue weighted by atomic mass is 10.1. The van der Waals surface area contributed by atoms with Crippen molar-refractivity contribution in [1.82, 2.24) is 5.43 Å². The molecule has 20 heavy (non-hydrogen) atoms. The van der Waals surface area contributed by atoms with E-state index in [1.165, 1.54) is 0 Å². The van der Waals surface area contributed by atoms with Gasteiger partial charge in [0.1, 0.15) is 0 Å². The maximum atomic E-state index is 12.0. The third-order valence-electron chi connectivity index (χ3n) is 2.98. The molecule has 0 unspecified atom stereocenters. The molecule has 2 aromatic carbocycles. The number of aryl methyl sites for hydroxylation is 1. The van der Waals surface area contributed by atoms with Crippen LogP contribution in [0.3, 0.4) is 0 Å². The van der Waals surface area contributed by atoms with Gasteiger partial charge in [-0.05, 0) is 43.2 Å². The van der Waals surface area contributed by atoms with Crippen molar-refractivity contribution in [3.05, 3.63) is 69.7 Å². The average Bonchev–Trinajstić information content (AvgIpc) is 2.45. The molecule has 0 heterocycles. The standard InChI is InChI=1S/C16H15BrN2O/c1-11-5-3-4-6-15(11)16(20)19-18-12(2)13-7-9-14(17)10-8-13/h3-10H,1-2H3,(H,19,20)/b18-12+. The molecule has 0 fully saturated rings. The topological polar surface area (TPSA) is 41.5 Å². The van der Waals surface area contributed by atoms with Crippen LogP contribution in [0.5, 0.6) is 0 Å². The second-order valence-corrected chi connectivity index (χ2v) is 5.38. The highest BCUT2D eigenvalue weighted by Gasteiger charge is 2.07. The van der Waals surface area contributed by atoms with E-state index in [4.69, 9.17) is 0 Å². The first-order valence-electron chi connectivity index (χ1n) is 6.24. The molecular formula is C16H15BrN2O. The molecule has 0 saturated carbocycles. The molecule has 4 heteroatoms. The third kappa shape index (κ3) is 3.54. The Hall–Kier alpha value is -1.94. The van der Waals surface area contributed by atoms with E-state index in [0.29, 0.717) is 5.56 Å². The fraction of sp³-hybridized carbons (Fsp3) is 0.125. The van der Waals surface area contributed by atoms with Crippen LogP contribution in [0.15, 0.2) is 58.1 Å². The Bertz CT molecular complexity index is 648. The van der Waals surface area contributed by atoms with Crippen LogP contribution >= 0.6 is 15.9 Å². The number of nitrogens with one attached hydrogen (secondary N) is 1. The maximum Gasteiger partial charge on any atom is 0.271 e. The molecule has 0 bridgehead atoms. The molecule has 2 aromatic rings. The van der Waals surface area contributed by atoms with Crippen molar-refractivity contribution >= 4 is 27.5 Å². The molecule has 0 aliphatic heterocycles. The SMILES string of the molecule is C/C(=N\NC(=O)c1ccccc1C)c1ccc(Br)cc1. The molecule has 2 rings (SSSR count). The number of hydrogen-bond acceptors (Lipinski definition) is 2. The maximum absolute atomic E-state index is 12.0. The Labute approximate surface area is 126 Å². The molecule has 102 valence electrons. The van der Waals surface area contributed by atoms with Crippen molar-refractivity contribution in [2.45, 2.75) is 13.8 Å². The highest BCUT2D eigenvalue weighted by atomic mass is 79.9. The van der Waals surface area contributed by atoms with Crippen molar-refractivity contribution in [3.63, 3.8) is 0 Å². The molecule has 0 radical (unpaired) electrons. The zero-order valence-corrected chi connectivity index (χ0v) is 12.9. The number of halogens is 1. The monoisotopic (exact) mass is 330 g/mol. The van der Waals surface area contributed by atoms with E-state index in [-0.39, 0.29) is 5.91 Å². The largest absolute Gasteiger partial charge is 0.271 e. The first-order valence-corrected chi connectivity index (χ1v) is 7.03. The van der Waals surface area contributed by atoms with Crippen LogP contribution in [0.25, 0.3) is 0 Å². The molecule has 0 saturated heterocycles. The molecule has 0 aromatic heterocycles. The lowest BCUT2D eigenvalue weighted by molar-refractivity contribution is 0.0954. The Morgan fingerprint density at radius 3 is 2.40 bits per heavy atom. The quantitative estimate of drug-likeness (QED) is 0.672. The van der Waals surface area contributed by atoms with Gasteiger partial charge in [-0.25, -0.2) is 5.43 Å². The van der Waals surface area contributed by atoms with Crippen LogP contribution in [-0.4, -0.2) is 11.6 Å². The highest BCUT2D eigenvalue weighted by Crippen LogP contribution is 2.11. The van der Waals surface area contributed by atoms with E-state index in [2.05, 4.69) is 26.5 Å². The van der Waals surface area contributed by atoms with E-state index in [9.17, 15) is 4.79 Å². The molecular weight excluding hydrogens is 316 g/mol. The minimum atomic E-state index is -0.195. The van der Waals surface area contributed by atoms with Gasteiger partial charge in [-0.15, -0.1) is 0 Å². The number of hydrogen-bond donors (Lipinski definition) is 1. The molecule has 0 atom stereocenters. The predicted octanol–water partition coefficient (Wildman–Crippen LogP) is 3.91. The normalized spacial score (nSPS) is 11.2. The Kier molecular flexibility index (Phi) is 4.69. The Morgan fingerprint density at radius 1 is 1.10 bits per heavy atom. The summed E-state index contributed by atoms with van der Waals surface area (Å²) in [4.78, 5) is 12.0. The molecule has 0 aliphatic carbocycles. The summed E-state index contributed by atoms with van der Waals surface area (Å²) in [5, 5.41) is 4.14. The van der Waals surface area contributed by atoms with Crippen LogP contribution in [-0.2, 0) is 0 Å². The van der Waals surface area contributed by atoms with Gasteiger partial charge in [0, 0.05) is 10.0 Å². The fourth-order valence-electron chi connectivity index (χ4n) is 1.78. The van der Waals surface area contributed by atoms with E-state index in [1.807, 2.05) is 56.3 Å². The number of rotatable bonds is 3. The number of benzene rings is 2. The van der Waals surface area contributed by atoms with Gasteiger partial charge in [0.05, 0.1) is 5.71 Å². The van der Waals surface area contributed by atoms with Gasteiger partial charge < -0.3 is 0 Å². The zero-order valence-electron chi connectivity index (χ0n) is 11.4. The van der Waals surface area contributed by atoms with Crippen LogP contribution in [0.4, 0.5) is 0 Å². The van der Waals surface area contributed by atoms with Gasteiger partial charge in [-0.2, -0.15) is 5.10 Å². The second kappa shape index (κ2) is 6.48. The second-order valence-electron chi connectivity index (χ2n) is 4.46. The highest BCUT2D eigenvalue weighted by molar-refractivity contribution is 9.10. The number of nitrogens with zero attached hydrogens (tertiary/aromatic N) is 1. The summed E-state index contributed by atoms with van der Waals surface area (Å²) < 4.78 is 1.01. The van der Waals surface area contributed by atoms with Crippen molar-refractivity contribution < 1.29 is 4.79 Å². The first-order chi connectivity index (χ1) is 9.58. The Balaban J connectivity index is 2.11. The molecule has 0 spiro atoms. The van der Waals surface area contributed by atoms with Gasteiger partial charge in [-0.1, -0.05) is 46.3 Å². The molecule has 3 nitrogen and oxygen atoms in total. The van der Waals surface area contributed by atoms with E-state index in [0.717, 1.165) is 21.3 Å². The van der Waals surface area contributed by atoms with Gasteiger partial charge >= 0.3 is 0 Å². The number of hydrazone groups is 1. The summed E-state index contributed by atoms with van der Waals surface area (Å²) in [6, 6.07) is 15.2. The van der Waals surface area contributed by atoms with E-state index < -0.39 is 0 Å². The molecule has 1 N–H and O–H groups in total. The minimum absolute atomic E-state index is 0.195. The van der Waals surface area contributed by atoms with Crippen LogP contribution in [0.2, 0.25) is 0 Å². The lowest BCUT2D eigenvalue weighted by Gasteiger charge is -2.05. The van der Waals surface area contributed by atoms with Gasteiger partial charge in [0.25, 0.3) is 5.91 Å². The molecule has 0 aliphatic rings. The molecule has 1 amide bonds. The summed E-state index contributed by atoms with van der Waals surface area (Å²) >= 11 is 3.39. The van der Waals surface area contributed by atoms with Crippen molar-refractivity contribution in [1.29, 1.82) is 0 Å². The van der Waals surface area contributed by atoms with Crippen LogP contribution in [0, 0.1) is 6.92 Å². The van der Waals surface area contributed by atoms with Gasteiger partial charge in [0.15, 0.2) is 0 Å². The van der Waals surface area contributed by atoms with Crippen LogP contribution < -0.4 is 5.43 Å². The van der Waals surface area contributed by atoms with Crippen LogP contribution in [0.1, 0.15) is 28.4 Å². The third-order valence-corrected chi connectivity index (χ3v) is 3.51. The first kappa shape index (κ1) is 14.5. The summed E-state index contributed by atoms with van der Waals surface area (Å²) in [7, 11) is 0. The summed E-state index contributed by atoms with van der Waals surface area (Å²) in [6.45, 7) is 3.77. The zero-order chi connectivity index (χ0) is 14.5. The van der Waals surface area contributed by atoms with E-state index in [1.54, 1.807) is 6.07 Å². The van der Waals surface area contributed by atoms with Crippen molar-refractivity contribution in [2.75, 3.05) is 0 Å². The Morgan fingerprint density at radius 2 is 1.75 bits per heavy atom. The van der Waals surface area contributed by atoms with Crippen molar-refractivity contribution in [2.24, 2.45) is 5.10 Å². The minimum Gasteiger partial charge on any atom is -0.267 e. The van der Waals surface area contributed by atoms with Gasteiger partial charge in [0.2, 0.25) is 0 Å². The van der Waals surface area contributed by atoms with E-state index >= 15 is 0 Å². The number of amides is 1.